The first-order valence-electron chi connectivity index (χ1n) is 8.80. The Labute approximate surface area is 149 Å². The van der Waals surface area contributed by atoms with Gasteiger partial charge in [-0.2, -0.15) is 0 Å². The fourth-order valence-corrected chi connectivity index (χ4v) is 2.67. The second-order valence-corrected chi connectivity index (χ2v) is 6.37. The molecular formula is C19H29N5O. The molecule has 2 rings (SSSR count). The summed E-state index contributed by atoms with van der Waals surface area (Å²) in [5, 5.41) is 7.88. The van der Waals surface area contributed by atoms with Gasteiger partial charge in [-0.3, -0.25) is 4.79 Å². The third-order valence-corrected chi connectivity index (χ3v) is 4.10. The van der Waals surface area contributed by atoms with Gasteiger partial charge in [0, 0.05) is 44.3 Å². The van der Waals surface area contributed by atoms with Gasteiger partial charge in [0.25, 0.3) is 0 Å². The summed E-state index contributed by atoms with van der Waals surface area (Å²) in [6.45, 7) is 5.97. The molecule has 0 atom stereocenters. The standard InChI is InChI=1S/C19H29N5O/c1-5-10-20-19(23-13-17(25)24(3)4)21-11-9-15-12-22-16-8-6-7-14(2)18(15)16/h6-8,12,22H,5,9-11,13H2,1-4H3,(H2,20,21,23). The number of aromatic nitrogens is 1. The Hall–Kier alpha value is -2.50. The molecule has 1 heterocycles. The summed E-state index contributed by atoms with van der Waals surface area (Å²) in [4.78, 5) is 21.0. The summed E-state index contributed by atoms with van der Waals surface area (Å²) in [5.74, 6) is 0.679. The molecule has 0 radical (unpaired) electrons. The lowest BCUT2D eigenvalue weighted by atomic mass is 10.1. The summed E-state index contributed by atoms with van der Waals surface area (Å²) < 4.78 is 0. The van der Waals surface area contributed by atoms with Crippen molar-refractivity contribution in [3.05, 3.63) is 35.5 Å². The molecule has 1 amide bonds. The fourth-order valence-electron chi connectivity index (χ4n) is 2.67. The fraction of sp³-hybridized carbons (Fsp3) is 0.474. The highest BCUT2D eigenvalue weighted by Crippen LogP contribution is 2.22. The van der Waals surface area contributed by atoms with Gasteiger partial charge in [-0.25, -0.2) is 4.99 Å². The van der Waals surface area contributed by atoms with Crippen LogP contribution in [0.1, 0.15) is 24.5 Å². The Bertz CT molecular complexity index is 732. The van der Waals surface area contributed by atoms with Crippen LogP contribution < -0.4 is 10.6 Å². The number of fused-ring (bicyclic) bond motifs is 1. The van der Waals surface area contributed by atoms with Crippen LogP contribution in [0.4, 0.5) is 0 Å². The predicted molar refractivity (Wildman–Crippen MR) is 104 cm³/mol. The molecule has 25 heavy (non-hydrogen) atoms. The van der Waals surface area contributed by atoms with E-state index in [0.717, 1.165) is 25.9 Å². The van der Waals surface area contributed by atoms with Crippen LogP contribution in [0.15, 0.2) is 29.4 Å². The van der Waals surface area contributed by atoms with Crippen molar-refractivity contribution in [2.45, 2.75) is 26.7 Å². The molecule has 0 fully saturated rings. The van der Waals surface area contributed by atoms with Crippen LogP contribution >= 0.6 is 0 Å². The van der Waals surface area contributed by atoms with Crippen LogP contribution in [0, 0.1) is 6.92 Å². The van der Waals surface area contributed by atoms with Crippen molar-refractivity contribution < 1.29 is 4.79 Å². The van der Waals surface area contributed by atoms with Gasteiger partial charge >= 0.3 is 0 Å². The highest BCUT2D eigenvalue weighted by Gasteiger charge is 2.07. The number of H-pyrrole nitrogens is 1. The third kappa shape index (κ3) is 5.24. The van der Waals surface area contributed by atoms with Gasteiger partial charge in [0.05, 0.1) is 0 Å². The normalized spacial score (nSPS) is 11.6. The zero-order valence-corrected chi connectivity index (χ0v) is 15.6. The van der Waals surface area contributed by atoms with Crippen molar-refractivity contribution in [2.75, 3.05) is 33.7 Å². The predicted octanol–water partition coefficient (Wildman–Crippen LogP) is 2.05. The van der Waals surface area contributed by atoms with Crippen LogP contribution in [0.2, 0.25) is 0 Å². The summed E-state index contributed by atoms with van der Waals surface area (Å²) in [7, 11) is 3.48. The first kappa shape index (κ1) is 18.8. The number of aliphatic imine (C=N–C) groups is 1. The van der Waals surface area contributed by atoms with Crippen LogP contribution in [0.5, 0.6) is 0 Å². The average molecular weight is 343 g/mol. The topological polar surface area (TPSA) is 72.5 Å². The van der Waals surface area contributed by atoms with Crippen molar-refractivity contribution >= 4 is 22.8 Å². The lowest BCUT2D eigenvalue weighted by Gasteiger charge is -2.13. The number of aromatic amines is 1. The molecule has 0 saturated carbocycles. The number of guanidine groups is 1. The number of carbonyl (C=O) groups excluding carboxylic acids is 1. The van der Waals surface area contributed by atoms with Gasteiger partial charge < -0.3 is 20.5 Å². The second-order valence-electron chi connectivity index (χ2n) is 6.37. The van der Waals surface area contributed by atoms with Crippen molar-refractivity contribution in [1.29, 1.82) is 0 Å². The molecule has 0 spiro atoms. The summed E-state index contributed by atoms with van der Waals surface area (Å²) in [6, 6.07) is 6.30. The zero-order chi connectivity index (χ0) is 18.2. The minimum Gasteiger partial charge on any atom is -0.361 e. The van der Waals surface area contributed by atoms with Gasteiger partial charge in [0.1, 0.15) is 6.54 Å². The van der Waals surface area contributed by atoms with Crippen molar-refractivity contribution in [1.82, 2.24) is 20.5 Å². The highest BCUT2D eigenvalue weighted by atomic mass is 16.2. The molecular weight excluding hydrogens is 314 g/mol. The maximum atomic E-state index is 11.7. The molecule has 1 aromatic heterocycles. The van der Waals surface area contributed by atoms with Gasteiger partial charge in [-0.1, -0.05) is 19.1 Å². The zero-order valence-electron chi connectivity index (χ0n) is 15.6. The molecule has 6 nitrogen and oxygen atoms in total. The summed E-state index contributed by atoms with van der Waals surface area (Å²) in [5.41, 5.74) is 3.74. The number of amides is 1. The Morgan fingerprint density at radius 3 is 2.72 bits per heavy atom. The van der Waals surface area contributed by atoms with E-state index in [1.54, 1.807) is 19.0 Å². The van der Waals surface area contributed by atoms with Crippen LogP contribution in [0.3, 0.4) is 0 Å². The van der Waals surface area contributed by atoms with E-state index in [4.69, 9.17) is 0 Å². The second kappa shape index (κ2) is 9.11. The molecule has 0 unspecified atom stereocenters. The molecule has 0 aliphatic carbocycles. The van der Waals surface area contributed by atoms with Crippen molar-refractivity contribution in [3.63, 3.8) is 0 Å². The van der Waals surface area contributed by atoms with Crippen molar-refractivity contribution in [3.8, 4) is 0 Å². The summed E-state index contributed by atoms with van der Waals surface area (Å²) >= 11 is 0. The Balaban J connectivity index is 1.97. The Morgan fingerprint density at radius 2 is 2.00 bits per heavy atom. The quantitative estimate of drug-likeness (QED) is 0.532. The summed E-state index contributed by atoms with van der Waals surface area (Å²) in [6.07, 6.45) is 3.97. The molecule has 2 aromatic rings. The number of benzene rings is 1. The van der Waals surface area contributed by atoms with Gasteiger partial charge in [0.15, 0.2) is 5.96 Å². The van der Waals surface area contributed by atoms with Crippen LogP contribution in [0.25, 0.3) is 10.9 Å². The van der Waals surface area contributed by atoms with Crippen LogP contribution in [-0.2, 0) is 11.2 Å². The maximum absolute atomic E-state index is 11.7. The van der Waals surface area contributed by atoms with Gasteiger partial charge in [-0.05, 0) is 37.0 Å². The lowest BCUT2D eigenvalue weighted by Crippen LogP contribution is -2.39. The number of carbonyl (C=O) groups is 1. The Morgan fingerprint density at radius 1 is 1.24 bits per heavy atom. The van der Waals surface area contributed by atoms with E-state index >= 15 is 0 Å². The van der Waals surface area contributed by atoms with Gasteiger partial charge in [0.2, 0.25) is 5.91 Å². The molecule has 6 heteroatoms. The van der Waals surface area contributed by atoms with Crippen LogP contribution in [-0.4, -0.2) is 55.5 Å². The van der Waals surface area contributed by atoms with E-state index in [0.29, 0.717) is 5.96 Å². The largest absolute Gasteiger partial charge is 0.361 e. The molecule has 0 saturated heterocycles. The average Bonchev–Trinajstić information content (AvgIpc) is 3.01. The SMILES string of the molecule is CCCNC(=NCC(=O)N(C)C)NCCc1c[nH]c2cccc(C)c12. The number of nitrogens with one attached hydrogen (secondary N) is 3. The Kier molecular flexibility index (Phi) is 6.86. The molecule has 1 aromatic carbocycles. The van der Waals surface area contributed by atoms with E-state index < -0.39 is 0 Å². The van der Waals surface area contributed by atoms with E-state index in [1.165, 1.54) is 22.0 Å². The number of rotatable bonds is 7. The maximum Gasteiger partial charge on any atom is 0.243 e. The molecule has 0 bridgehead atoms. The molecule has 3 N–H and O–H groups in total. The third-order valence-electron chi connectivity index (χ3n) is 4.10. The number of aryl methyl sites for hydroxylation is 1. The van der Waals surface area contributed by atoms with Crippen molar-refractivity contribution in [2.24, 2.45) is 4.99 Å². The van der Waals surface area contributed by atoms with E-state index in [1.807, 2.05) is 0 Å². The number of hydrogen-bond donors (Lipinski definition) is 3. The minimum atomic E-state index is -0.00940. The molecule has 0 aliphatic heterocycles. The van der Waals surface area contributed by atoms with Gasteiger partial charge in [-0.15, -0.1) is 0 Å². The first-order valence-corrected chi connectivity index (χ1v) is 8.80. The smallest absolute Gasteiger partial charge is 0.243 e. The monoisotopic (exact) mass is 343 g/mol. The van der Waals surface area contributed by atoms with E-state index in [2.05, 4.69) is 58.9 Å². The lowest BCUT2D eigenvalue weighted by molar-refractivity contribution is -0.127. The minimum absolute atomic E-state index is 0.00940. The number of likely N-dealkylation sites (N-methyl/N-ethyl adjacent to an activating group) is 1. The first-order chi connectivity index (χ1) is 12.0. The molecule has 0 aliphatic rings. The number of nitrogens with zero attached hydrogens (tertiary/aromatic N) is 2. The molecule has 136 valence electrons. The highest BCUT2D eigenvalue weighted by molar-refractivity contribution is 5.87. The number of hydrogen-bond acceptors (Lipinski definition) is 2. The van der Waals surface area contributed by atoms with E-state index in [9.17, 15) is 4.79 Å². The van der Waals surface area contributed by atoms with E-state index in [-0.39, 0.29) is 12.5 Å².